The fraction of sp³-hybridized carbons (Fsp3) is 0.929. The second-order valence-electron chi connectivity index (χ2n) is 5.09. The molecule has 0 aromatic carbocycles. The highest BCUT2D eigenvalue weighted by molar-refractivity contribution is 5.85. The number of likely N-dealkylation sites (N-methyl/N-ethyl adjacent to an activating group) is 1. The third-order valence-electron chi connectivity index (χ3n) is 3.90. The van der Waals surface area contributed by atoms with E-state index in [9.17, 15) is 4.79 Å². The lowest BCUT2D eigenvalue weighted by molar-refractivity contribution is -0.133. The SMILES string of the molecule is CCNCC1CCN(C(=O)CN(CC)CC)CC1.Cl.Cl. The normalized spacial score (nSPS) is 15.7. The van der Waals surface area contributed by atoms with E-state index >= 15 is 0 Å². The van der Waals surface area contributed by atoms with E-state index in [1.165, 1.54) is 0 Å². The number of hydrogen-bond acceptors (Lipinski definition) is 3. The van der Waals surface area contributed by atoms with Crippen molar-refractivity contribution >= 4 is 30.7 Å². The maximum absolute atomic E-state index is 12.1. The Morgan fingerprint density at radius 3 is 2.15 bits per heavy atom. The summed E-state index contributed by atoms with van der Waals surface area (Å²) in [5.41, 5.74) is 0. The molecule has 0 radical (unpaired) electrons. The molecule has 1 aliphatic rings. The van der Waals surface area contributed by atoms with Gasteiger partial charge >= 0.3 is 0 Å². The third kappa shape index (κ3) is 7.67. The minimum Gasteiger partial charge on any atom is -0.342 e. The summed E-state index contributed by atoms with van der Waals surface area (Å²) in [5, 5.41) is 3.40. The molecule has 0 aliphatic carbocycles. The predicted molar refractivity (Wildman–Crippen MR) is 90.1 cm³/mol. The van der Waals surface area contributed by atoms with E-state index in [1.807, 2.05) is 4.90 Å². The fourth-order valence-electron chi connectivity index (χ4n) is 2.47. The average molecular weight is 328 g/mol. The number of amides is 1. The zero-order chi connectivity index (χ0) is 13.4. The lowest BCUT2D eigenvalue weighted by Crippen LogP contribution is -2.45. The second kappa shape index (κ2) is 12.7. The molecular formula is C14H31Cl2N3O. The Kier molecular flexibility index (Phi) is 14.1. The van der Waals surface area contributed by atoms with Crippen LogP contribution in [0.4, 0.5) is 0 Å². The molecule has 4 nitrogen and oxygen atoms in total. The van der Waals surface area contributed by atoms with E-state index in [0.29, 0.717) is 12.5 Å². The maximum atomic E-state index is 12.1. The minimum absolute atomic E-state index is 0. The monoisotopic (exact) mass is 327 g/mol. The van der Waals surface area contributed by atoms with Crippen molar-refractivity contribution in [1.29, 1.82) is 0 Å². The van der Waals surface area contributed by atoms with Crippen LogP contribution in [0.25, 0.3) is 0 Å². The largest absolute Gasteiger partial charge is 0.342 e. The smallest absolute Gasteiger partial charge is 0.236 e. The van der Waals surface area contributed by atoms with Crippen LogP contribution in [0, 0.1) is 5.92 Å². The number of nitrogens with zero attached hydrogens (tertiary/aromatic N) is 2. The molecule has 0 atom stereocenters. The molecule has 122 valence electrons. The van der Waals surface area contributed by atoms with Crippen LogP contribution in [0.5, 0.6) is 0 Å². The molecule has 0 unspecified atom stereocenters. The van der Waals surface area contributed by atoms with Crippen LogP contribution in [0.15, 0.2) is 0 Å². The quantitative estimate of drug-likeness (QED) is 0.777. The number of nitrogens with one attached hydrogen (secondary N) is 1. The van der Waals surface area contributed by atoms with Gasteiger partial charge in [0, 0.05) is 13.1 Å². The number of halogens is 2. The molecule has 1 N–H and O–H groups in total. The molecule has 1 heterocycles. The van der Waals surface area contributed by atoms with E-state index < -0.39 is 0 Å². The second-order valence-corrected chi connectivity index (χ2v) is 5.09. The molecule has 20 heavy (non-hydrogen) atoms. The van der Waals surface area contributed by atoms with Gasteiger partial charge in [0.05, 0.1) is 6.54 Å². The van der Waals surface area contributed by atoms with E-state index in [0.717, 1.165) is 58.0 Å². The summed E-state index contributed by atoms with van der Waals surface area (Å²) in [6.07, 6.45) is 2.30. The van der Waals surface area contributed by atoms with Gasteiger partial charge < -0.3 is 10.2 Å². The van der Waals surface area contributed by atoms with Crippen molar-refractivity contribution < 1.29 is 4.79 Å². The molecule has 0 aromatic rings. The minimum atomic E-state index is 0. The summed E-state index contributed by atoms with van der Waals surface area (Å²) in [6.45, 7) is 12.9. The Hall–Kier alpha value is -0.0300. The number of hydrogen-bond donors (Lipinski definition) is 1. The number of piperidine rings is 1. The Bertz CT molecular complexity index is 243. The van der Waals surface area contributed by atoms with Crippen LogP contribution < -0.4 is 5.32 Å². The summed E-state index contributed by atoms with van der Waals surface area (Å²) >= 11 is 0. The van der Waals surface area contributed by atoms with Crippen molar-refractivity contribution in [2.45, 2.75) is 33.6 Å². The lowest BCUT2D eigenvalue weighted by atomic mass is 9.97. The number of likely N-dealkylation sites (tertiary alicyclic amines) is 1. The van der Waals surface area contributed by atoms with Gasteiger partial charge in [-0.2, -0.15) is 0 Å². The van der Waals surface area contributed by atoms with E-state index in [4.69, 9.17) is 0 Å². The summed E-state index contributed by atoms with van der Waals surface area (Å²) < 4.78 is 0. The maximum Gasteiger partial charge on any atom is 0.236 e. The third-order valence-corrected chi connectivity index (χ3v) is 3.90. The highest BCUT2D eigenvalue weighted by Crippen LogP contribution is 2.16. The first-order chi connectivity index (χ1) is 8.71. The van der Waals surface area contributed by atoms with Gasteiger partial charge in [-0.25, -0.2) is 0 Å². The van der Waals surface area contributed by atoms with Crippen LogP contribution in [-0.4, -0.2) is 61.5 Å². The predicted octanol–water partition coefficient (Wildman–Crippen LogP) is 2.02. The number of carbonyl (C=O) groups is 1. The van der Waals surface area contributed by atoms with Crippen molar-refractivity contribution in [3.8, 4) is 0 Å². The molecular weight excluding hydrogens is 297 g/mol. The van der Waals surface area contributed by atoms with Crippen LogP contribution >= 0.6 is 24.8 Å². The first-order valence-corrected chi connectivity index (χ1v) is 7.42. The first kappa shape index (κ1) is 22.3. The molecule has 0 saturated carbocycles. The lowest BCUT2D eigenvalue weighted by Gasteiger charge is -2.33. The Morgan fingerprint density at radius 2 is 1.70 bits per heavy atom. The van der Waals surface area contributed by atoms with Crippen LogP contribution in [-0.2, 0) is 4.79 Å². The molecule has 1 amide bonds. The van der Waals surface area contributed by atoms with Gasteiger partial charge in [-0.05, 0) is 44.9 Å². The summed E-state index contributed by atoms with van der Waals surface area (Å²) in [5.74, 6) is 1.06. The Labute approximate surface area is 136 Å². The fourth-order valence-corrected chi connectivity index (χ4v) is 2.47. The van der Waals surface area contributed by atoms with Crippen LogP contribution in [0.2, 0.25) is 0 Å². The van der Waals surface area contributed by atoms with Gasteiger partial charge in [0.1, 0.15) is 0 Å². The zero-order valence-corrected chi connectivity index (χ0v) is 14.7. The summed E-state index contributed by atoms with van der Waals surface area (Å²) in [4.78, 5) is 16.3. The van der Waals surface area contributed by atoms with Crippen molar-refractivity contribution in [3.63, 3.8) is 0 Å². The molecule has 1 fully saturated rings. The first-order valence-electron chi connectivity index (χ1n) is 7.42. The van der Waals surface area contributed by atoms with Gasteiger partial charge in [0.2, 0.25) is 5.91 Å². The molecule has 0 bridgehead atoms. The standard InChI is InChI=1S/C14H29N3O.2ClH/c1-4-15-11-13-7-9-17(10-8-13)14(18)12-16(5-2)6-3;;/h13,15H,4-12H2,1-3H3;2*1H. The molecule has 0 spiro atoms. The molecule has 1 saturated heterocycles. The Balaban J connectivity index is 0. The molecule has 6 heteroatoms. The van der Waals surface area contributed by atoms with E-state index in [-0.39, 0.29) is 24.8 Å². The van der Waals surface area contributed by atoms with E-state index in [1.54, 1.807) is 0 Å². The van der Waals surface area contributed by atoms with Crippen molar-refractivity contribution in [3.05, 3.63) is 0 Å². The summed E-state index contributed by atoms with van der Waals surface area (Å²) in [6, 6.07) is 0. The zero-order valence-electron chi connectivity index (χ0n) is 13.1. The van der Waals surface area contributed by atoms with Gasteiger partial charge in [0.25, 0.3) is 0 Å². The average Bonchev–Trinajstić information content (AvgIpc) is 2.42. The topological polar surface area (TPSA) is 35.6 Å². The van der Waals surface area contributed by atoms with Crippen LogP contribution in [0.1, 0.15) is 33.6 Å². The number of carbonyl (C=O) groups excluding carboxylic acids is 1. The molecule has 1 aliphatic heterocycles. The van der Waals surface area contributed by atoms with Crippen molar-refractivity contribution in [2.24, 2.45) is 5.92 Å². The van der Waals surface area contributed by atoms with E-state index in [2.05, 4.69) is 31.0 Å². The Morgan fingerprint density at radius 1 is 1.15 bits per heavy atom. The number of rotatable bonds is 7. The van der Waals surface area contributed by atoms with Gasteiger partial charge in [0.15, 0.2) is 0 Å². The van der Waals surface area contributed by atoms with Crippen molar-refractivity contribution in [2.75, 3.05) is 45.8 Å². The van der Waals surface area contributed by atoms with Gasteiger partial charge in [-0.15, -0.1) is 24.8 Å². The van der Waals surface area contributed by atoms with Crippen molar-refractivity contribution in [1.82, 2.24) is 15.1 Å². The van der Waals surface area contributed by atoms with Crippen LogP contribution in [0.3, 0.4) is 0 Å². The highest BCUT2D eigenvalue weighted by Gasteiger charge is 2.23. The molecule has 0 aromatic heterocycles. The summed E-state index contributed by atoms with van der Waals surface area (Å²) in [7, 11) is 0. The highest BCUT2D eigenvalue weighted by atomic mass is 35.5. The van der Waals surface area contributed by atoms with Gasteiger partial charge in [-0.3, -0.25) is 9.69 Å². The molecule has 1 rings (SSSR count). The van der Waals surface area contributed by atoms with Gasteiger partial charge in [-0.1, -0.05) is 20.8 Å².